The highest BCUT2D eigenvalue weighted by molar-refractivity contribution is 7.32. The number of hydrogen-bond donors (Lipinski definition) is 2. The molecule has 0 saturated heterocycles. The van der Waals surface area contributed by atoms with Crippen molar-refractivity contribution in [2.45, 2.75) is 51.4 Å². The summed E-state index contributed by atoms with van der Waals surface area (Å²) >= 11 is 6.05. The van der Waals surface area contributed by atoms with E-state index in [0.717, 1.165) is 41.8 Å². The number of pyridine rings is 1. The third kappa shape index (κ3) is 5.31. The average molecular weight is 411 g/mol. The van der Waals surface area contributed by atoms with Crippen LogP contribution in [0.5, 0.6) is 5.75 Å². The first kappa shape index (κ1) is 20.3. The molecule has 3 rings (SSSR count). The Morgan fingerprint density at radius 1 is 1.30 bits per heavy atom. The van der Waals surface area contributed by atoms with Gasteiger partial charge in [0.1, 0.15) is 11.9 Å². The van der Waals surface area contributed by atoms with Gasteiger partial charge in [0.05, 0.1) is 17.5 Å². The molecule has 1 aliphatic carbocycles. The van der Waals surface area contributed by atoms with Crippen LogP contribution in [0.4, 0.5) is 0 Å². The number of nitrogens with two attached hydrogens (primary N) is 1. The summed E-state index contributed by atoms with van der Waals surface area (Å²) in [5, 5.41) is 0.649. The quantitative estimate of drug-likeness (QED) is 0.691. The Morgan fingerprint density at radius 3 is 2.78 bits per heavy atom. The van der Waals surface area contributed by atoms with Gasteiger partial charge in [-0.05, 0) is 56.0 Å². The van der Waals surface area contributed by atoms with Crippen LogP contribution < -0.4 is 10.5 Å². The number of aryl methyl sites for hydroxylation is 1. The van der Waals surface area contributed by atoms with Gasteiger partial charge in [0.15, 0.2) is 0 Å². The Labute approximate surface area is 164 Å². The van der Waals surface area contributed by atoms with E-state index in [1.807, 2.05) is 37.3 Å². The Bertz CT molecular complexity index is 833. The lowest BCUT2D eigenvalue weighted by molar-refractivity contribution is 0.0655. The first-order chi connectivity index (χ1) is 13.0. The first-order valence-electron chi connectivity index (χ1n) is 8.99. The topological polar surface area (TPSA) is 94.7 Å². The zero-order valence-corrected chi connectivity index (χ0v) is 16.9. The zero-order valence-electron chi connectivity index (χ0n) is 15.2. The van der Waals surface area contributed by atoms with E-state index in [1.54, 1.807) is 0 Å². The molecule has 3 atom stereocenters. The lowest BCUT2D eigenvalue weighted by Crippen LogP contribution is -2.29. The van der Waals surface area contributed by atoms with Crippen molar-refractivity contribution >= 4 is 19.9 Å². The van der Waals surface area contributed by atoms with Gasteiger partial charge in [0.2, 0.25) is 0 Å². The molecule has 3 N–H and O–H groups in total. The molecule has 146 valence electrons. The van der Waals surface area contributed by atoms with Gasteiger partial charge in [-0.3, -0.25) is 4.57 Å². The minimum atomic E-state index is -2.92. The molecule has 1 fully saturated rings. The van der Waals surface area contributed by atoms with Crippen LogP contribution in [0.3, 0.4) is 0 Å². The van der Waals surface area contributed by atoms with Crippen LogP contribution in [0.2, 0.25) is 5.02 Å². The lowest BCUT2D eigenvalue weighted by atomic mass is 9.95. The highest BCUT2D eigenvalue weighted by Crippen LogP contribution is 2.32. The highest BCUT2D eigenvalue weighted by atomic mass is 35.5. The van der Waals surface area contributed by atoms with Gasteiger partial charge in [0, 0.05) is 23.6 Å². The Balaban J connectivity index is 1.75. The first-order valence-corrected chi connectivity index (χ1v) is 10.6. The second-order valence-electron chi connectivity index (χ2n) is 6.70. The second kappa shape index (κ2) is 9.18. The monoisotopic (exact) mass is 410 g/mol. The molecule has 27 heavy (non-hydrogen) atoms. The van der Waals surface area contributed by atoms with E-state index in [9.17, 15) is 4.57 Å². The highest BCUT2D eigenvalue weighted by Gasteiger charge is 2.25. The molecule has 0 amide bonds. The maximum absolute atomic E-state index is 10.9. The minimum absolute atomic E-state index is 0.0495. The fourth-order valence-electron chi connectivity index (χ4n) is 3.44. The third-order valence-corrected chi connectivity index (χ3v) is 5.51. The third-order valence-electron chi connectivity index (χ3n) is 4.74. The van der Waals surface area contributed by atoms with Gasteiger partial charge in [0.25, 0.3) is 0 Å². The molecule has 1 saturated carbocycles. The van der Waals surface area contributed by atoms with Crippen molar-refractivity contribution in [1.29, 1.82) is 0 Å². The van der Waals surface area contributed by atoms with Crippen molar-refractivity contribution in [2.24, 2.45) is 5.73 Å². The molecular weight excluding hydrogens is 387 g/mol. The van der Waals surface area contributed by atoms with Crippen molar-refractivity contribution in [3.8, 4) is 17.0 Å². The van der Waals surface area contributed by atoms with Gasteiger partial charge in [-0.15, -0.1) is 0 Å². The predicted molar refractivity (Wildman–Crippen MR) is 106 cm³/mol. The number of hydrogen-bond acceptors (Lipinski definition) is 5. The summed E-state index contributed by atoms with van der Waals surface area (Å²) in [6.07, 6.45) is 2.90. The van der Waals surface area contributed by atoms with Gasteiger partial charge >= 0.3 is 8.25 Å². The van der Waals surface area contributed by atoms with Crippen molar-refractivity contribution in [3.63, 3.8) is 0 Å². The standard InChI is InChI=1S/C19H24ClN2O4P/c1-12-19(25-15-3-2-4-16(10-15)26-27(23)24)8-7-18(22-12)17-6-5-14(20)9-13(17)11-21/h5-9,15-16,27H,2-4,10-11,21H2,1H3,(H,23,24). The van der Waals surface area contributed by atoms with Gasteiger partial charge in [-0.1, -0.05) is 17.7 Å². The van der Waals surface area contributed by atoms with Crippen LogP contribution >= 0.6 is 19.9 Å². The van der Waals surface area contributed by atoms with E-state index in [2.05, 4.69) is 4.98 Å². The molecule has 8 heteroatoms. The average Bonchev–Trinajstić information content (AvgIpc) is 2.63. The van der Waals surface area contributed by atoms with Gasteiger partial charge < -0.3 is 19.9 Å². The second-order valence-corrected chi connectivity index (χ2v) is 7.90. The number of ether oxygens (including phenoxy) is 1. The van der Waals surface area contributed by atoms with E-state index in [-0.39, 0.29) is 12.2 Å². The van der Waals surface area contributed by atoms with Crippen LogP contribution in [-0.4, -0.2) is 22.1 Å². The molecule has 0 bridgehead atoms. The van der Waals surface area contributed by atoms with E-state index < -0.39 is 8.25 Å². The van der Waals surface area contributed by atoms with Crippen molar-refractivity contribution < 1.29 is 18.7 Å². The minimum Gasteiger partial charge on any atom is -0.488 e. The van der Waals surface area contributed by atoms with Gasteiger partial charge in [-0.25, -0.2) is 4.98 Å². The number of halogens is 1. The summed E-state index contributed by atoms with van der Waals surface area (Å²) in [6, 6.07) is 9.42. The molecule has 0 spiro atoms. The maximum Gasteiger partial charge on any atom is 0.316 e. The fourth-order valence-corrected chi connectivity index (χ4v) is 4.14. The van der Waals surface area contributed by atoms with Crippen LogP contribution in [-0.2, 0) is 15.6 Å². The molecule has 1 aromatic carbocycles. The van der Waals surface area contributed by atoms with E-state index >= 15 is 0 Å². The summed E-state index contributed by atoms with van der Waals surface area (Å²) in [7, 11) is -2.92. The smallest absolute Gasteiger partial charge is 0.316 e. The van der Waals surface area contributed by atoms with Gasteiger partial charge in [-0.2, -0.15) is 0 Å². The summed E-state index contributed by atoms with van der Waals surface area (Å²) in [4.78, 5) is 13.7. The number of benzene rings is 1. The fraction of sp³-hybridized carbons (Fsp3) is 0.421. The number of aromatic nitrogens is 1. The Kier molecular flexibility index (Phi) is 6.90. The molecular formula is C19H24ClN2O4P. The number of rotatable bonds is 6. The van der Waals surface area contributed by atoms with Crippen LogP contribution in [0.25, 0.3) is 11.3 Å². The lowest BCUT2D eigenvalue weighted by Gasteiger charge is -2.29. The molecule has 1 heterocycles. The molecule has 2 aromatic rings. The summed E-state index contributed by atoms with van der Waals surface area (Å²) in [5.41, 5.74) is 9.33. The normalized spacial score (nSPS) is 21.0. The summed E-state index contributed by atoms with van der Waals surface area (Å²) < 4.78 is 22.1. The molecule has 3 unspecified atom stereocenters. The summed E-state index contributed by atoms with van der Waals surface area (Å²) in [6.45, 7) is 2.28. The number of nitrogens with zero attached hydrogens (tertiary/aromatic N) is 1. The molecule has 6 nitrogen and oxygen atoms in total. The van der Waals surface area contributed by atoms with E-state index in [1.165, 1.54) is 0 Å². The van der Waals surface area contributed by atoms with Crippen molar-refractivity contribution in [3.05, 3.63) is 46.6 Å². The molecule has 0 aliphatic heterocycles. The molecule has 1 aromatic heterocycles. The predicted octanol–water partition coefficient (Wildman–Crippen LogP) is 4.26. The van der Waals surface area contributed by atoms with Crippen LogP contribution in [0.1, 0.15) is 36.9 Å². The van der Waals surface area contributed by atoms with Crippen LogP contribution in [0, 0.1) is 6.92 Å². The summed E-state index contributed by atoms with van der Waals surface area (Å²) in [5.74, 6) is 0.712. The van der Waals surface area contributed by atoms with Crippen molar-refractivity contribution in [1.82, 2.24) is 4.98 Å². The van der Waals surface area contributed by atoms with Crippen LogP contribution in [0.15, 0.2) is 30.3 Å². The largest absolute Gasteiger partial charge is 0.488 e. The SMILES string of the molecule is Cc1nc(-c2ccc(Cl)cc2CN)ccc1OC1CCCC(O[PH](=O)O)C1. The van der Waals surface area contributed by atoms with E-state index in [4.69, 9.17) is 31.5 Å². The Hall–Kier alpha value is -1.43. The Morgan fingerprint density at radius 2 is 2.07 bits per heavy atom. The van der Waals surface area contributed by atoms with E-state index in [0.29, 0.717) is 23.7 Å². The zero-order chi connectivity index (χ0) is 19.4. The maximum atomic E-state index is 10.9. The molecule has 0 radical (unpaired) electrons. The van der Waals surface area contributed by atoms with Crippen molar-refractivity contribution in [2.75, 3.05) is 0 Å². The molecule has 1 aliphatic rings.